The molecule has 0 aromatic carbocycles. The molecule has 2 aliphatic rings. The van der Waals surface area contributed by atoms with E-state index in [9.17, 15) is 0 Å². The number of nitrogens with one attached hydrogen (secondary N) is 1. The Balaban J connectivity index is 1.73. The second-order valence-electron chi connectivity index (χ2n) is 6.08. The van der Waals surface area contributed by atoms with Crippen LogP contribution in [-0.4, -0.2) is 25.8 Å². The number of unbranched alkanes of at least 4 members (excludes halogenated alkanes) is 3. The van der Waals surface area contributed by atoms with Crippen molar-refractivity contribution in [2.24, 2.45) is 5.41 Å². The molecule has 1 aliphatic heterocycles. The molecule has 17 heavy (non-hydrogen) atoms. The average molecular weight is 239 g/mol. The first-order chi connectivity index (χ1) is 8.35. The summed E-state index contributed by atoms with van der Waals surface area (Å²) in [6.07, 6.45) is 12.4. The van der Waals surface area contributed by atoms with Gasteiger partial charge in [0.05, 0.1) is 0 Å². The summed E-state index contributed by atoms with van der Waals surface area (Å²) < 4.78 is 5.55. The van der Waals surface area contributed by atoms with E-state index < -0.39 is 0 Å². The van der Waals surface area contributed by atoms with Crippen molar-refractivity contribution in [1.82, 2.24) is 5.32 Å². The van der Waals surface area contributed by atoms with Gasteiger partial charge in [-0.3, -0.25) is 0 Å². The van der Waals surface area contributed by atoms with Gasteiger partial charge in [0.1, 0.15) is 0 Å². The van der Waals surface area contributed by atoms with Gasteiger partial charge in [0.25, 0.3) is 0 Å². The summed E-state index contributed by atoms with van der Waals surface area (Å²) in [6.45, 7) is 5.51. The van der Waals surface area contributed by atoms with E-state index in [-0.39, 0.29) is 0 Å². The zero-order valence-corrected chi connectivity index (χ0v) is 11.5. The lowest BCUT2D eigenvalue weighted by molar-refractivity contribution is 0.00895. The molecule has 2 nitrogen and oxygen atoms in total. The van der Waals surface area contributed by atoms with E-state index in [2.05, 4.69) is 12.2 Å². The molecule has 1 saturated heterocycles. The molecule has 2 fully saturated rings. The minimum atomic E-state index is 0.564. The van der Waals surface area contributed by atoms with Crippen molar-refractivity contribution in [2.45, 2.75) is 70.8 Å². The number of rotatable bonds is 8. The zero-order chi connectivity index (χ0) is 12.0. The van der Waals surface area contributed by atoms with Gasteiger partial charge in [-0.15, -0.1) is 0 Å². The highest BCUT2D eigenvalue weighted by Gasteiger charge is 2.33. The highest BCUT2D eigenvalue weighted by molar-refractivity contribution is 4.89. The molecule has 1 heterocycles. The summed E-state index contributed by atoms with van der Waals surface area (Å²) in [4.78, 5) is 0. The van der Waals surface area contributed by atoms with E-state index in [1.807, 2.05) is 0 Å². The van der Waals surface area contributed by atoms with Gasteiger partial charge in [-0.25, -0.2) is 0 Å². The van der Waals surface area contributed by atoms with Crippen molar-refractivity contribution in [3.8, 4) is 0 Å². The third-order valence-corrected chi connectivity index (χ3v) is 4.46. The Morgan fingerprint density at radius 2 is 1.88 bits per heavy atom. The predicted molar refractivity (Wildman–Crippen MR) is 72.3 cm³/mol. The quantitative estimate of drug-likeness (QED) is 0.655. The van der Waals surface area contributed by atoms with Gasteiger partial charge in [0.15, 0.2) is 0 Å². The van der Waals surface area contributed by atoms with Gasteiger partial charge >= 0.3 is 0 Å². The molecule has 2 heteroatoms. The summed E-state index contributed by atoms with van der Waals surface area (Å²) in [5.41, 5.74) is 0.564. The Morgan fingerprint density at radius 3 is 2.53 bits per heavy atom. The topological polar surface area (TPSA) is 21.3 Å². The first kappa shape index (κ1) is 13.4. The molecular weight excluding hydrogens is 210 g/mol. The maximum Gasteiger partial charge on any atom is 0.0471 e. The summed E-state index contributed by atoms with van der Waals surface area (Å²) in [6, 6.07) is 0.852. The van der Waals surface area contributed by atoms with Crippen LogP contribution in [0.15, 0.2) is 0 Å². The van der Waals surface area contributed by atoms with E-state index in [0.717, 1.165) is 19.3 Å². The first-order valence-electron chi connectivity index (χ1n) is 7.66. The first-order valence-corrected chi connectivity index (χ1v) is 7.66. The Morgan fingerprint density at radius 1 is 1.12 bits per heavy atom. The normalized spacial score (nSPS) is 23.8. The van der Waals surface area contributed by atoms with Gasteiger partial charge in [-0.1, -0.05) is 32.6 Å². The molecule has 1 N–H and O–H groups in total. The van der Waals surface area contributed by atoms with Gasteiger partial charge in [0.2, 0.25) is 0 Å². The largest absolute Gasteiger partial charge is 0.381 e. The standard InChI is InChI=1S/C15H29NO/c1-2-3-4-5-8-15(9-11-17-12-10-15)13-16-14-6-7-14/h14,16H,2-13H2,1H3. The van der Waals surface area contributed by atoms with Gasteiger partial charge in [-0.05, 0) is 37.5 Å². The predicted octanol–water partition coefficient (Wildman–Crippen LogP) is 3.51. The van der Waals surface area contributed by atoms with Crippen LogP contribution in [0.2, 0.25) is 0 Å². The second kappa shape index (κ2) is 6.75. The van der Waals surface area contributed by atoms with E-state index >= 15 is 0 Å². The van der Waals surface area contributed by atoms with Crippen LogP contribution in [-0.2, 0) is 4.74 Å². The van der Waals surface area contributed by atoms with Crippen LogP contribution < -0.4 is 5.32 Å². The summed E-state index contributed by atoms with van der Waals surface area (Å²) in [5.74, 6) is 0. The summed E-state index contributed by atoms with van der Waals surface area (Å²) >= 11 is 0. The minimum absolute atomic E-state index is 0.564. The molecule has 0 spiro atoms. The van der Waals surface area contributed by atoms with E-state index in [1.165, 1.54) is 64.3 Å². The van der Waals surface area contributed by atoms with Crippen LogP contribution in [0.5, 0.6) is 0 Å². The van der Waals surface area contributed by atoms with E-state index in [1.54, 1.807) is 0 Å². The highest BCUT2D eigenvalue weighted by atomic mass is 16.5. The van der Waals surface area contributed by atoms with Crippen molar-refractivity contribution >= 4 is 0 Å². The van der Waals surface area contributed by atoms with Gasteiger partial charge < -0.3 is 10.1 Å². The summed E-state index contributed by atoms with van der Waals surface area (Å²) in [7, 11) is 0. The lowest BCUT2D eigenvalue weighted by atomic mass is 9.75. The second-order valence-corrected chi connectivity index (χ2v) is 6.08. The highest BCUT2D eigenvalue weighted by Crippen LogP contribution is 2.36. The van der Waals surface area contributed by atoms with E-state index in [4.69, 9.17) is 4.74 Å². The zero-order valence-electron chi connectivity index (χ0n) is 11.5. The SMILES string of the molecule is CCCCCCC1(CNC2CC2)CCOCC1. The number of hydrogen-bond acceptors (Lipinski definition) is 2. The molecule has 1 aliphatic carbocycles. The van der Waals surface area contributed by atoms with Crippen LogP contribution in [0.25, 0.3) is 0 Å². The average Bonchev–Trinajstić information content (AvgIpc) is 3.18. The van der Waals surface area contributed by atoms with Crippen LogP contribution in [0.3, 0.4) is 0 Å². The maximum absolute atomic E-state index is 5.55. The molecule has 0 aromatic rings. The molecule has 0 unspecified atom stereocenters. The lowest BCUT2D eigenvalue weighted by Gasteiger charge is -2.38. The van der Waals surface area contributed by atoms with Crippen LogP contribution in [0.4, 0.5) is 0 Å². The Hall–Kier alpha value is -0.0800. The monoisotopic (exact) mass is 239 g/mol. The molecular formula is C15H29NO. The van der Waals surface area contributed by atoms with Gasteiger partial charge in [0, 0.05) is 25.8 Å². The fraction of sp³-hybridized carbons (Fsp3) is 1.00. The number of hydrogen-bond donors (Lipinski definition) is 1. The molecule has 0 radical (unpaired) electrons. The molecule has 0 amide bonds. The van der Waals surface area contributed by atoms with Crippen LogP contribution >= 0.6 is 0 Å². The van der Waals surface area contributed by atoms with Gasteiger partial charge in [-0.2, -0.15) is 0 Å². The fourth-order valence-electron chi connectivity index (χ4n) is 2.89. The van der Waals surface area contributed by atoms with Crippen LogP contribution in [0.1, 0.15) is 64.7 Å². The Bertz CT molecular complexity index is 207. The molecule has 1 saturated carbocycles. The van der Waals surface area contributed by atoms with Crippen molar-refractivity contribution in [1.29, 1.82) is 0 Å². The molecule has 0 atom stereocenters. The maximum atomic E-state index is 5.55. The Kier molecular flexibility index (Phi) is 5.30. The lowest BCUT2D eigenvalue weighted by Crippen LogP contribution is -2.40. The third-order valence-electron chi connectivity index (χ3n) is 4.46. The van der Waals surface area contributed by atoms with Crippen molar-refractivity contribution < 1.29 is 4.74 Å². The van der Waals surface area contributed by atoms with Crippen LogP contribution in [0, 0.1) is 5.41 Å². The fourth-order valence-corrected chi connectivity index (χ4v) is 2.89. The van der Waals surface area contributed by atoms with Crippen molar-refractivity contribution in [3.05, 3.63) is 0 Å². The van der Waals surface area contributed by atoms with E-state index in [0.29, 0.717) is 5.41 Å². The number of ether oxygens (including phenoxy) is 1. The molecule has 0 bridgehead atoms. The third kappa shape index (κ3) is 4.59. The Labute approximate surface area is 107 Å². The van der Waals surface area contributed by atoms with Crippen molar-refractivity contribution in [3.63, 3.8) is 0 Å². The molecule has 100 valence electrons. The molecule has 2 rings (SSSR count). The molecule has 0 aromatic heterocycles. The van der Waals surface area contributed by atoms with Crippen molar-refractivity contribution in [2.75, 3.05) is 19.8 Å². The minimum Gasteiger partial charge on any atom is -0.381 e. The summed E-state index contributed by atoms with van der Waals surface area (Å²) in [5, 5.41) is 3.75. The smallest absolute Gasteiger partial charge is 0.0471 e.